The van der Waals surface area contributed by atoms with Crippen LogP contribution in [0.25, 0.3) is 0 Å². The second-order valence-electron chi connectivity index (χ2n) is 2.74. The molecular weight excluding hydrogens is 122 g/mol. The highest BCUT2D eigenvalue weighted by Crippen LogP contribution is 2.30. The Labute approximate surface area is 63.0 Å². The van der Waals surface area contributed by atoms with Gasteiger partial charge in [0.15, 0.2) is 0 Å². The topological polar surface area (TPSA) is 3.24 Å². The van der Waals surface area contributed by atoms with Crippen LogP contribution in [0.4, 0.5) is 0 Å². The molecule has 1 saturated carbocycles. The van der Waals surface area contributed by atoms with Gasteiger partial charge in [-0.05, 0) is 25.5 Å². The van der Waals surface area contributed by atoms with Crippen molar-refractivity contribution in [2.45, 2.75) is 32.2 Å². The lowest BCUT2D eigenvalue weighted by Crippen LogP contribution is -2.17. The summed E-state index contributed by atoms with van der Waals surface area (Å²) in [7, 11) is 0. The summed E-state index contributed by atoms with van der Waals surface area (Å²) in [6, 6.07) is 0.727. The Bertz CT molecular complexity index is 145. The molecule has 0 spiro atoms. The monoisotopic (exact) mass is 137 g/mol. The average Bonchev–Trinajstić information content (AvgIpc) is 2.73. The van der Waals surface area contributed by atoms with Gasteiger partial charge in [-0.2, -0.15) is 0 Å². The van der Waals surface area contributed by atoms with Crippen LogP contribution in [0.3, 0.4) is 0 Å². The maximum absolute atomic E-state index is 3.96. The molecule has 0 unspecified atom stereocenters. The number of hydrogen-bond donors (Lipinski definition) is 0. The number of rotatable bonds is 4. The smallest absolute Gasteiger partial charge is 0.0334 e. The van der Waals surface area contributed by atoms with E-state index in [0.717, 1.165) is 12.5 Å². The maximum Gasteiger partial charge on any atom is 0.0334 e. The molecule has 1 aliphatic rings. The zero-order valence-corrected chi connectivity index (χ0v) is 6.64. The van der Waals surface area contributed by atoms with Crippen LogP contribution in [0.1, 0.15) is 26.2 Å². The SMILES string of the molecule is C=CN(C(=C)CC)C1CC1. The molecule has 0 aromatic rings. The van der Waals surface area contributed by atoms with E-state index in [0.29, 0.717) is 0 Å². The summed E-state index contributed by atoms with van der Waals surface area (Å²) in [5.74, 6) is 0. The van der Waals surface area contributed by atoms with Crippen molar-refractivity contribution in [1.82, 2.24) is 4.90 Å². The predicted octanol–water partition coefficient (Wildman–Crippen LogP) is 2.52. The molecule has 0 N–H and O–H groups in total. The number of nitrogens with zero attached hydrogens (tertiary/aromatic N) is 1. The summed E-state index contributed by atoms with van der Waals surface area (Å²) >= 11 is 0. The molecule has 0 aliphatic heterocycles. The van der Waals surface area contributed by atoms with E-state index in [1.54, 1.807) is 0 Å². The van der Waals surface area contributed by atoms with Crippen LogP contribution in [0.15, 0.2) is 25.1 Å². The van der Waals surface area contributed by atoms with E-state index in [1.807, 2.05) is 6.20 Å². The Kier molecular flexibility index (Phi) is 2.15. The van der Waals surface area contributed by atoms with Crippen molar-refractivity contribution in [3.63, 3.8) is 0 Å². The average molecular weight is 137 g/mol. The number of allylic oxidation sites excluding steroid dienone is 1. The zero-order chi connectivity index (χ0) is 7.56. The lowest BCUT2D eigenvalue weighted by Gasteiger charge is -2.20. The maximum atomic E-state index is 3.96. The Balaban J connectivity index is 2.46. The first kappa shape index (κ1) is 7.39. The molecule has 0 heterocycles. The fraction of sp³-hybridized carbons (Fsp3) is 0.556. The molecule has 1 fully saturated rings. The van der Waals surface area contributed by atoms with E-state index >= 15 is 0 Å². The molecule has 0 aromatic heterocycles. The standard InChI is InChI=1S/C9H15N/c1-4-8(3)10(5-2)9-6-7-9/h5,9H,2-4,6-7H2,1H3. The number of hydrogen-bond acceptors (Lipinski definition) is 1. The van der Waals surface area contributed by atoms with Gasteiger partial charge < -0.3 is 4.90 Å². The van der Waals surface area contributed by atoms with Crippen LogP contribution in [0.2, 0.25) is 0 Å². The molecule has 0 saturated heterocycles. The third-order valence-electron chi connectivity index (χ3n) is 1.91. The van der Waals surface area contributed by atoms with Gasteiger partial charge in [0.1, 0.15) is 0 Å². The second kappa shape index (κ2) is 2.91. The first-order valence-electron chi connectivity index (χ1n) is 3.88. The first-order valence-corrected chi connectivity index (χ1v) is 3.88. The van der Waals surface area contributed by atoms with Gasteiger partial charge in [0.2, 0.25) is 0 Å². The van der Waals surface area contributed by atoms with Gasteiger partial charge in [0.25, 0.3) is 0 Å². The summed E-state index contributed by atoms with van der Waals surface area (Å²) in [6.07, 6.45) is 5.54. The van der Waals surface area contributed by atoms with E-state index in [9.17, 15) is 0 Å². The molecule has 1 rings (SSSR count). The van der Waals surface area contributed by atoms with Crippen molar-refractivity contribution in [2.24, 2.45) is 0 Å². The molecule has 1 heteroatoms. The van der Waals surface area contributed by atoms with Crippen molar-refractivity contribution >= 4 is 0 Å². The molecule has 0 radical (unpaired) electrons. The lowest BCUT2D eigenvalue weighted by molar-refractivity contribution is 0.444. The largest absolute Gasteiger partial charge is 0.350 e. The molecule has 0 amide bonds. The van der Waals surface area contributed by atoms with E-state index in [2.05, 4.69) is 25.0 Å². The molecular formula is C9H15N. The Morgan fingerprint density at radius 2 is 2.30 bits per heavy atom. The van der Waals surface area contributed by atoms with Crippen LogP contribution >= 0.6 is 0 Å². The highest BCUT2D eigenvalue weighted by Gasteiger charge is 2.27. The first-order chi connectivity index (χ1) is 4.79. The summed E-state index contributed by atoms with van der Waals surface area (Å²) in [4.78, 5) is 2.19. The molecule has 0 atom stereocenters. The molecule has 1 aliphatic carbocycles. The molecule has 1 nitrogen and oxygen atoms in total. The lowest BCUT2D eigenvalue weighted by atomic mass is 10.3. The van der Waals surface area contributed by atoms with Gasteiger partial charge in [-0.1, -0.05) is 20.1 Å². The third kappa shape index (κ3) is 1.41. The van der Waals surface area contributed by atoms with Gasteiger partial charge in [0.05, 0.1) is 0 Å². The van der Waals surface area contributed by atoms with Gasteiger partial charge in [-0.3, -0.25) is 0 Å². The molecule has 0 aromatic carbocycles. The van der Waals surface area contributed by atoms with Crippen molar-refractivity contribution in [2.75, 3.05) is 0 Å². The fourth-order valence-corrected chi connectivity index (χ4v) is 1.07. The molecule has 10 heavy (non-hydrogen) atoms. The minimum Gasteiger partial charge on any atom is -0.350 e. The Morgan fingerprint density at radius 3 is 2.60 bits per heavy atom. The van der Waals surface area contributed by atoms with Gasteiger partial charge in [-0.25, -0.2) is 0 Å². The van der Waals surface area contributed by atoms with E-state index < -0.39 is 0 Å². The van der Waals surface area contributed by atoms with E-state index in [-0.39, 0.29) is 0 Å². The predicted molar refractivity (Wildman–Crippen MR) is 44.5 cm³/mol. The second-order valence-corrected chi connectivity index (χ2v) is 2.74. The highest BCUT2D eigenvalue weighted by atomic mass is 15.2. The summed E-state index contributed by atoms with van der Waals surface area (Å²) < 4.78 is 0. The molecule has 56 valence electrons. The highest BCUT2D eigenvalue weighted by molar-refractivity contribution is 5.04. The van der Waals surface area contributed by atoms with Crippen LogP contribution in [0.5, 0.6) is 0 Å². The minimum atomic E-state index is 0.727. The quantitative estimate of drug-likeness (QED) is 0.575. The Morgan fingerprint density at radius 1 is 1.70 bits per heavy atom. The van der Waals surface area contributed by atoms with Gasteiger partial charge in [0, 0.05) is 11.7 Å². The third-order valence-corrected chi connectivity index (χ3v) is 1.91. The van der Waals surface area contributed by atoms with Crippen molar-refractivity contribution in [1.29, 1.82) is 0 Å². The van der Waals surface area contributed by atoms with Crippen molar-refractivity contribution in [3.8, 4) is 0 Å². The molecule has 0 bridgehead atoms. The van der Waals surface area contributed by atoms with Crippen LogP contribution in [0, 0.1) is 0 Å². The van der Waals surface area contributed by atoms with Crippen molar-refractivity contribution < 1.29 is 0 Å². The van der Waals surface area contributed by atoms with E-state index in [4.69, 9.17) is 0 Å². The van der Waals surface area contributed by atoms with Gasteiger partial charge >= 0.3 is 0 Å². The summed E-state index contributed by atoms with van der Waals surface area (Å²) in [5, 5.41) is 0. The van der Waals surface area contributed by atoms with E-state index in [1.165, 1.54) is 18.5 Å². The van der Waals surface area contributed by atoms with Gasteiger partial charge in [-0.15, -0.1) is 0 Å². The summed E-state index contributed by atoms with van der Waals surface area (Å²) in [5.41, 5.74) is 1.19. The van der Waals surface area contributed by atoms with Crippen LogP contribution in [-0.2, 0) is 0 Å². The Hall–Kier alpha value is -0.720. The van der Waals surface area contributed by atoms with Crippen LogP contribution in [-0.4, -0.2) is 10.9 Å². The minimum absolute atomic E-state index is 0.727. The fourth-order valence-electron chi connectivity index (χ4n) is 1.07. The van der Waals surface area contributed by atoms with Crippen LogP contribution < -0.4 is 0 Å². The van der Waals surface area contributed by atoms with Crippen molar-refractivity contribution in [3.05, 3.63) is 25.1 Å². The summed E-state index contributed by atoms with van der Waals surface area (Å²) in [6.45, 7) is 9.84. The zero-order valence-electron chi connectivity index (χ0n) is 6.64. The normalized spacial score (nSPS) is 16.5.